The Labute approximate surface area is 167 Å². The highest BCUT2D eigenvalue weighted by atomic mass is 32.2. The number of hydrogen-bond acceptors (Lipinski definition) is 5. The van der Waals surface area contributed by atoms with E-state index in [-0.39, 0.29) is 17.6 Å². The van der Waals surface area contributed by atoms with Crippen molar-refractivity contribution in [2.24, 2.45) is 0 Å². The summed E-state index contributed by atoms with van der Waals surface area (Å²) >= 11 is 1.35. The molecule has 0 aliphatic carbocycles. The van der Waals surface area contributed by atoms with Crippen LogP contribution < -0.4 is 10.6 Å². The maximum Gasteiger partial charge on any atom is 0.234 e. The molecule has 0 spiro atoms. The molecular weight excluding hydrogens is 374 g/mol. The Balaban J connectivity index is 1.68. The average Bonchev–Trinajstić information content (AvgIpc) is 3.10. The highest BCUT2D eigenvalue weighted by molar-refractivity contribution is 7.99. The van der Waals surface area contributed by atoms with Crippen molar-refractivity contribution in [3.05, 3.63) is 54.6 Å². The summed E-state index contributed by atoms with van der Waals surface area (Å²) in [7, 11) is 0. The van der Waals surface area contributed by atoms with Crippen molar-refractivity contribution in [1.82, 2.24) is 14.8 Å². The summed E-state index contributed by atoms with van der Waals surface area (Å²) in [5.74, 6) is 0.761. The molecule has 0 saturated heterocycles. The lowest BCUT2D eigenvalue weighted by atomic mass is 10.2. The van der Waals surface area contributed by atoms with Crippen molar-refractivity contribution in [3.8, 4) is 11.4 Å². The molecule has 0 radical (unpaired) electrons. The first-order chi connectivity index (χ1) is 13.6. The summed E-state index contributed by atoms with van der Waals surface area (Å²) in [5, 5.41) is 14.8. The maximum absolute atomic E-state index is 12.2. The topological polar surface area (TPSA) is 88.9 Å². The summed E-state index contributed by atoms with van der Waals surface area (Å²) in [4.78, 5) is 23.3. The van der Waals surface area contributed by atoms with Gasteiger partial charge < -0.3 is 15.2 Å². The third-order valence-corrected chi connectivity index (χ3v) is 4.85. The number of nitrogens with zero attached hydrogens (tertiary/aromatic N) is 3. The zero-order valence-corrected chi connectivity index (χ0v) is 16.5. The minimum absolute atomic E-state index is 0.0944. The third kappa shape index (κ3) is 4.98. The van der Waals surface area contributed by atoms with Gasteiger partial charge >= 0.3 is 0 Å². The first kappa shape index (κ1) is 19.6. The minimum atomic E-state index is -0.114. The van der Waals surface area contributed by atoms with Gasteiger partial charge in [0.25, 0.3) is 0 Å². The number of aromatic nitrogens is 3. The van der Waals surface area contributed by atoms with E-state index in [0.717, 1.165) is 22.8 Å². The largest absolute Gasteiger partial charge is 0.326 e. The van der Waals surface area contributed by atoms with Gasteiger partial charge in [0, 0.05) is 30.4 Å². The monoisotopic (exact) mass is 395 g/mol. The van der Waals surface area contributed by atoms with Crippen LogP contribution in [0.2, 0.25) is 0 Å². The molecule has 2 aromatic carbocycles. The molecule has 2 N–H and O–H groups in total. The molecule has 1 heterocycles. The van der Waals surface area contributed by atoms with E-state index in [2.05, 4.69) is 20.8 Å². The molecule has 0 bridgehead atoms. The lowest BCUT2D eigenvalue weighted by Crippen LogP contribution is -2.14. The molecule has 8 heteroatoms. The van der Waals surface area contributed by atoms with Crippen molar-refractivity contribution in [2.45, 2.75) is 25.5 Å². The van der Waals surface area contributed by atoms with Gasteiger partial charge in [0.2, 0.25) is 11.8 Å². The first-order valence-corrected chi connectivity index (χ1v) is 9.84. The van der Waals surface area contributed by atoms with Crippen molar-refractivity contribution >= 4 is 35.0 Å². The van der Waals surface area contributed by atoms with Crippen LogP contribution in [-0.2, 0) is 16.1 Å². The number of carbonyl (C=O) groups is 2. The van der Waals surface area contributed by atoms with Gasteiger partial charge in [0.15, 0.2) is 11.0 Å². The fourth-order valence-electron chi connectivity index (χ4n) is 2.65. The Bertz CT molecular complexity index is 954. The molecule has 144 valence electrons. The number of carbonyl (C=O) groups excluding carboxylic acids is 2. The number of anilines is 2. The number of nitrogens with one attached hydrogen (secondary N) is 2. The van der Waals surface area contributed by atoms with Crippen molar-refractivity contribution in [3.63, 3.8) is 0 Å². The van der Waals surface area contributed by atoms with E-state index < -0.39 is 0 Å². The number of thioether (sulfide) groups is 1. The highest BCUT2D eigenvalue weighted by Gasteiger charge is 2.15. The predicted octanol–water partition coefficient (Wildman–Crippen LogP) is 3.65. The van der Waals surface area contributed by atoms with Gasteiger partial charge in [-0.3, -0.25) is 9.59 Å². The molecule has 2 amide bonds. The average molecular weight is 395 g/mol. The summed E-state index contributed by atoms with van der Waals surface area (Å²) in [6.07, 6.45) is 0. The molecule has 0 aliphatic heterocycles. The van der Waals surface area contributed by atoms with Gasteiger partial charge in [-0.25, -0.2) is 0 Å². The molecular formula is C20H21N5O2S. The quantitative estimate of drug-likeness (QED) is 0.596. The lowest BCUT2D eigenvalue weighted by Gasteiger charge is -2.08. The standard InChI is InChI=1S/C20H21N5O2S/c1-3-25-19(15-9-11-17(12-10-15)21-14(2)26)23-24-20(25)28-13-18(27)22-16-7-5-4-6-8-16/h4-12H,3,13H2,1-2H3,(H,21,26)(H,22,27). The first-order valence-electron chi connectivity index (χ1n) is 8.85. The van der Waals surface area contributed by atoms with Gasteiger partial charge in [-0.05, 0) is 43.3 Å². The summed E-state index contributed by atoms with van der Waals surface area (Å²) in [5.41, 5.74) is 2.39. The van der Waals surface area contributed by atoms with Crippen LogP contribution >= 0.6 is 11.8 Å². The van der Waals surface area contributed by atoms with Crippen molar-refractivity contribution < 1.29 is 9.59 Å². The second kappa shape index (κ2) is 9.18. The fourth-order valence-corrected chi connectivity index (χ4v) is 3.45. The van der Waals surface area contributed by atoms with Crippen LogP contribution in [0.15, 0.2) is 59.8 Å². The molecule has 0 saturated carbocycles. The molecule has 0 fully saturated rings. The van der Waals surface area contributed by atoms with Gasteiger partial charge in [0.05, 0.1) is 5.75 Å². The third-order valence-electron chi connectivity index (χ3n) is 3.89. The Kier molecular flexibility index (Phi) is 6.44. The van der Waals surface area contributed by atoms with E-state index >= 15 is 0 Å². The van der Waals surface area contributed by atoms with Crippen LogP contribution in [0.25, 0.3) is 11.4 Å². The van der Waals surface area contributed by atoms with Crippen molar-refractivity contribution in [2.75, 3.05) is 16.4 Å². The molecule has 3 rings (SSSR count). The highest BCUT2D eigenvalue weighted by Crippen LogP contribution is 2.25. The van der Waals surface area contributed by atoms with E-state index in [1.807, 2.05) is 66.1 Å². The van der Waals surface area contributed by atoms with E-state index in [4.69, 9.17) is 0 Å². The second-order valence-electron chi connectivity index (χ2n) is 6.01. The van der Waals surface area contributed by atoms with Crippen molar-refractivity contribution in [1.29, 1.82) is 0 Å². The molecule has 0 atom stereocenters. The van der Waals surface area contributed by atoms with Crippen LogP contribution in [0.3, 0.4) is 0 Å². The van der Waals surface area contributed by atoms with E-state index in [1.54, 1.807) is 0 Å². The van der Waals surface area contributed by atoms with Gasteiger partial charge in [-0.15, -0.1) is 10.2 Å². The normalized spacial score (nSPS) is 10.5. The number of benzene rings is 2. The Morgan fingerprint density at radius 3 is 2.29 bits per heavy atom. The van der Waals surface area contributed by atoms with Gasteiger partial charge in [0.1, 0.15) is 0 Å². The van der Waals surface area contributed by atoms with E-state index in [0.29, 0.717) is 11.7 Å². The summed E-state index contributed by atoms with van der Waals surface area (Å²) in [6, 6.07) is 16.8. The number of para-hydroxylation sites is 1. The number of rotatable bonds is 7. The number of amides is 2. The molecule has 28 heavy (non-hydrogen) atoms. The predicted molar refractivity (Wildman–Crippen MR) is 111 cm³/mol. The zero-order chi connectivity index (χ0) is 19.9. The summed E-state index contributed by atoms with van der Waals surface area (Å²) in [6.45, 7) is 4.16. The fraction of sp³-hybridized carbons (Fsp3) is 0.200. The van der Waals surface area contributed by atoms with Crippen LogP contribution in [0.5, 0.6) is 0 Å². The van der Waals surface area contributed by atoms with Crippen LogP contribution in [-0.4, -0.2) is 32.3 Å². The number of hydrogen-bond donors (Lipinski definition) is 2. The molecule has 3 aromatic rings. The Hall–Kier alpha value is -3.13. The molecule has 1 aromatic heterocycles. The molecule has 7 nitrogen and oxygen atoms in total. The SMILES string of the molecule is CCn1c(SCC(=O)Nc2ccccc2)nnc1-c1ccc(NC(C)=O)cc1. The lowest BCUT2D eigenvalue weighted by molar-refractivity contribution is -0.114. The van der Waals surface area contributed by atoms with E-state index in [9.17, 15) is 9.59 Å². The smallest absolute Gasteiger partial charge is 0.234 e. The van der Waals surface area contributed by atoms with Gasteiger partial charge in [-0.1, -0.05) is 30.0 Å². The summed E-state index contributed by atoms with van der Waals surface area (Å²) < 4.78 is 1.97. The molecule has 0 aliphatic rings. The van der Waals surface area contributed by atoms with Crippen LogP contribution in [0, 0.1) is 0 Å². The van der Waals surface area contributed by atoms with Crippen LogP contribution in [0.4, 0.5) is 11.4 Å². The Morgan fingerprint density at radius 1 is 0.964 bits per heavy atom. The maximum atomic E-state index is 12.2. The zero-order valence-electron chi connectivity index (χ0n) is 15.7. The molecule has 0 unspecified atom stereocenters. The van der Waals surface area contributed by atoms with Gasteiger partial charge in [-0.2, -0.15) is 0 Å². The Morgan fingerprint density at radius 2 is 1.64 bits per heavy atom. The minimum Gasteiger partial charge on any atom is -0.326 e. The van der Waals surface area contributed by atoms with Crippen LogP contribution in [0.1, 0.15) is 13.8 Å². The van der Waals surface area contributed by atoms with E-state index in [1.165, 1.54) is 18.7 Å². The second-order valence-corrected chi connectivity index (χ2v) is 6.95.